The van der Waals surface area contributed by atoms with Crippen molar-refractivity contribution >= 4 is 5.78 Å². The van der Waals surface area contributed by atoms with Crippen molar-refractivity contribution in [3.8, 4) is 0 Å². The van der Waals surface area contributed by atoms with Crippen molar-refractivity contribution in [1.29, 1.82) is 0 Å². The number of aryl methyl sites for hydroxylation is 1. The van der Waals surface area contributed by atoms with Crippen LogP contribution in [0.15, 0.2) is 42.0 Å². The summed E-state index contributed by atoms with van der Waals surface area (Å²) in [6, 6.07) is 6.73. The third kappa shape index (κ3) is 2.77. The third-order valence-electron chi connectivity index (χ3n) is 9.88. The fourth-order valence-electron chi connectivity index (χ4n) is 7.34. The van der Waals surface area contributed by atoms with E-state index in [0.717, 1.165) is 31.3 Å². The molecule has 0 bridgehead atoms. The summed E-state index contributed by atoms with van der Waals surface area (Å²) in [6.07, 6.45) is 8.20. The molecule has 1 spiro atoms. The van der Waals surface area contributed by atoms with E-state index in [9.17, 15) is 15.0 Å². The molecular weight excluding hydrogens is 416 g/mol. The zero-order chi connectivity index (χ0) is 23.3. The fraction of sp³-hybridized carbons (Fsp3) is 0.607. The maximum absolute atomic E-state index is 13.1. The van der Waals surface area contributed by atoms with E-state index in [0.29, 0.717) is 11.8 Å². The van der Waals surface area contributed by atoms with Gasteiger partial charge < -0.3 is 19.7 Å². The Morgan fingerprint density at radius 1 is 1.24 bits per heavy atom. The molecule has 1 aromatic rings. The second-order valence-electron chi connectivity index (χ2n) is 11.4. The molecule has 0 amide bonds. The molecule has 3 aliphatic carbocycles. The van der Waals surface area contributed by atoms with Crippen LogP contribution in [0.2, 0.25) is 0 Å². The van der Waals surface area contributed by atoms with Gasteiger partial charge >= 0.3 is 0 Å². The van der Waals surface area contributed by atoms with E-state index in [4.69, 9.17) is 9.47 Å². The van der Waals surface area contributed by atoms with Gasteiger partial charge in [-0.3, -0.25) is 4.79 Å². The first-order valence-corrected chi connectivity index (χ1v) is 12.4. The van der Waals surface area contributed by atoms with Gasteiger partial charge in [-0.15, -0.1) is 0 Å². The zero-order valence-electron chi connectivity index (χ0n) is 19.9. The monoisotopic (exact) mass is 450 g/mol. The molecule has 2 aliphatic heterocycles. The minimum Gasteiger partial charge on any atom is -0.380 e. The Balaban J connectivity index is 1.30. The topological polar surface area (TPSA) is 79.3 Å². The molecule has 1 saturated carbocycles. The van der Waals surface area contributed by atoms with Crippen molar-refractivity contribution in [2.45, 2.75) is 94.9 Å². The molecule has 0 aromatic heterocycles. The number of ether oxygens (including phenoxy) is 2. The molecule has 33 heavy (non-hydrogen) atoms. The maximum atomic E-state index is 13.1. The quantitative estimate of drug-likeness (QED) is 0.527. The third-order valence-corrected chi connectivity index (χ3v) is 9.88. The molecule has 1 saturated heterocycles. The van der Waals surface area contributed by atoms with Gasteiger partial charge in [0.25, 0.3) is 0 Å². The van der Waals surface area contributed by atoms with Crippen molar-refractivity contribution in [2.24, 2.45) is 11.3 Å². The molecule has 5 nitrogen and oxygen atoms in total. The smallest absolute Gasteiger partial charge is 0.188 e. The lowest BCUT2D eigenvalue weighted by atomic mass is 9.49. The average Bonchev–Trinajstić information content (AvgIpc) is 3.50. The Morgan fingerprint density at radius 2 is 2.03 bits per heavy atom. The van der Waals surface area contributed by atoms with Crippen LogP contribution in [0.1, 0.15) is 75.5 Å². The first-order valence-electron chi connectivity index (χ1n) is 12.4. The average molecular weight is 451 g/mol. The number of ketones is 1. The van der Waals surface area contributed by atoms with Crippen LogP contribution in [0.3, 0.4) is 0 Å². The van der Waals surface area contributed by atoms with E-state index < -0.39 is 17.3 Å². The zero-order valence-corrected chi connectivity index (χ0v) is 19.9. The number of benzene rings is 1. The summed E-state index contributed by atoms with van der Waals surface area (Å²) >= 11 is 0. The van der Waals surface area contributed by atoms with Crippen molar-refractivity contribution < 1.29 is 24.5 Å². The number of fused-ring (bicyclic) bond motifs is 4. The van der Waals surface area contributed by atoms with Crippen LogP contribution in [0.4, 0.5) is 0 Å². The van der Waals surface area contributed by atoms with E-state index in [1.165, 1.54) is 16.7 Å². The number of carbonyl (C=O) groups is 1. The Kier molecular flexibility index (Phi) is 4.53. The Labute approximate surface area is 195 Å². The van der Waals surface area contributed by atoms with Crippen LogP contribution in [-0.2, 0) is 20.7 Å². The minimum atomic E-state index is -1.36. The van der Waals surface area contributed by atoms with E-state index >= 15 is 0 Å². The lowest BCUT2D eigenvalue weighted by Gasteiger charge is -2.51. The van der Waals surface area contributed by atoms with Gasteiger partial charge in [-0.25, -0.2) is 0 Å². The number of allylic oxidation sites excluding steroid dienone is 1. The normalized spacial score (nSPS) is 46.4. The number of aliphatic hydroxyl groups is 2. The van der Waals surface area contributed by atoms with Crippen molar-refractivity contribution in [3.63, 3.8) is 0 Å². The highest BCUT2D eigenvalue weighted by Crippen LogP contribution is 2.69. The summed E-state index contributed by atoms with van der Waals surface area (Å²) in [5.41, 5.74) is 2.58. The molecule has 5 aliphatic rings. The molecule has 0 radical (unpaired) electrons. The molecule has 1 unspecified atom stereocenters. The minimum absolute atomic E-state index is 0.0436. The highest BCUT2D eigenvalue weighted by Gasteiger charge is 2.75. The fourth-order valence-corrected chi connectivity index (χ4v) is 7.34. The summed E-state index contributed by atoms with van der Waals surface area (Å²) < 4.78 is 12.1. The summed E-state index contributed by atoms with van der Waals surface area (Å²) in [4.78, 5) is 13.1. The number of carbonyl (C=O) groups excluding carboxylic acids is 1. The van der Waals surface area contributed by atoms with Crippen LogP contribution in [0.5, 0.6) is 0 Å². The van der Waals surface area contributed by atoms with Gasteiger partial charge in [-0.05, 0) is 86.6 Å². The Morgan fingerprint density at radius 3 is 2.79 bits per heavy atom. The molecule has 9 atom stereocenters. The van der Waals surface area contributed by atoms with Gasteiger partial charge in [0.1, 0.15) is 11.2 Å². The van der Waals surface area contributed by atoms with Gasteiger partial charge in [0, 0.05) is 5.92 Å². The number of hydrogen-bond acceptors (Lipinski definition) is 5. The molecule has 5 heteroatoms. The van der Waals surface area contributed by atoms with Gasteiger partial charge in [-0.2, -0.15) is 0 Å². The van der Waals surface area contributed by atoms with Crippen LogP contribution in [0.25, 0.3) is 0 Å². The van der Waals surface area contributed by atoms with Crippen LogP contribution in [0, 0.1) is 11.3 Å². The molecule has 6 rings (SSSR count). The van der Waals surface area contributed by atoms with Crippen LogP contribution >= 0.6 is 0 Å². The molecular formula is C28H34O5. The largest absolute Gasteiger partial charge is 0.380 e. The number of hydrogen-bond donors (Lipinski definition) is 2. The number of epoxide rings is 1. The van der Waals surface area contributed by atoms with Gasteiger partial charge in [0.2, 0.25) is 0 Å². The summed E-state index contributed by atoms with van der Waals surface area (Å²) in [5, 5.41) is 20.7. The molecule has 2 heterocycles. The first kappa shape index (κ1) is 21.7. The van der Waals surface area contributed by atoms with Crippen LogP contribution < -0.4 is 0 Å². The predicted molar refractivity (Wildman–Crippen MR) is 124 cm³/mol. The number of aliphatic hydroxyl groups excluding tert-OH is 1. The molecule has 176 valence electrons. The first-order chi connectivity index (χ1) is 15.6. The summed E-state index contributed by atoms with van der Waals surface area (Å²) in [7, 11) is 0. The lowest BCUT2D eigenvalue weighted by molar-refractivity contribution is -0.217. The predicted octanol–water partition coefficient (Wildman–Crippen LogP) is 3.93. The number of rotatable bonds is 2. The standard InChI is InChI=1S/C28H34O5/c1-15-12-22(32-25(30)27(15,4)31)16(2)17-7-9-19-18(13-17)8-10-21-20(19)14-24-28(33-24)11-5-6-23(29)26(21,28)3/h5-7,9,12-13,16,20-22,24-25,30-31H,8,10-11,14H2,1-4H3/t16-,20-,21-,22+,24-,25?,26-,27+,28-/m0/s1. The molecule has 2 N–H and O–H groups in total. The maximum Gasteiger partial charge on any atom is 0.188 e. The van der Waals surface area contributed by atoms with Crippen molar-refractivity contribution in [3.05, 3.63) is 58.7 Å². The van der Waals surface area contributed by atoms with E-state index in [-0.39, 0.29) is 29.5 Å². The van der Waals surface area contributed by atoms with Gasteiger partial charge in [0.15, 0.2) is 12.1 Å². The van der Waals surface area contributed by atoms with Crippen LogP contribution in [-0.4, -0.2) is 45.7 Å². The Hall–Kier alpha value is -1.79. The second kappa shape index (κ2) is 6.88. The highest BCUT2D eigenvalue weighted by molar-refractivity contribution is 5.98. The van der Waals surface area contributed by atoms with E-state index in [1.54, 1.807) is 13.0 Å². The lowest BCUT2D eigenvalue weighted by Crippen LogP contribution is -2.56. The van der Waals surface area contributed by atoms with E-state index in [2.05, 4.69) is 32.0 Å². The molecule has 2 fully saturated rings. The Bertz CT molecular complexity index is 1090. The van der Waals surface area contributed by atoms with Gasteiger partial charge in [0.05, 0.1) is 17.6 Å². The summed E-state index contributed by atoms with van der Waals surface area (Å²) in [5.74, 6) is 0.950. The van der Waals surface area contributed by atoms with Crippen molar-refractivity contribution in [2.75, 3.05) is 0 Å². The molecule has 1 aromatic carbocycles. The second-order valence-corrected chi connectivity index (χ2v) is 11.4. The SMILES string of the molecule is CC1=C[C@H]([C@@H](C)c2ccc3c(c2)CC[C@H]2[C@H]3C[C@@H]3O[C@@]34CC=CC(=O)[C@]24C)OC(O)[C@]1(C)O. The van der Waals surface area contributed by atoms with Gasteiger partial charge in [-0.1, -0.05) is 37.3 Å². The van der Waals surface area contributed by atoms with Crippen molar-refractivity contribution in [1.82, 2.24) is 0 Å². The van der Waals surface area contributed by atoms with E-state index in [1.807, 2.05) is 19.1 Å². The highest BCUT2D eigenvalue weighted by atomic mass is 16.6. The summed E-state index contributed by atoms with van der Waals surface area (Å²) in [6.45, 7) is 7.68.